The van der Waals surface area contributed by atoms with Gasteiger partial charge in [-0.05, 0) is 32.8 Å². The number of nitro benzene ring substituents is 2. The highest BCUT2D eigenvalue weighted by molar-refractivity contribution is 5.65. The summed E-state index contributed by atoms with van der Waals surface area (Å²) in [6, 6.07) is 3.67. The second-order valence-electron chi connectivity index (χ2n) is 5.66. The van der Waals surface area contributed by atoms with Gasteiger partial charge in [-0.25, -0.2) is 0 Å². The highest BCUT2D eigenvalue weighted by Gasteiger charge is 2.30. The molecule has 1 atom stereocenters. The van der Waals surface area contributed by atoms with E-state index in [2.05, 4.69) is 5.32 Å². The van der Waals surface area contributed by atoms with Gasteiger partial charge in [0.25, 0.3) is 11.4 Å². The predicted molar refractivity (Wildman–Crippen MR) is 76.4 cm³/mol. The van der Waals surface area contributed by atoms with E-state index in [1.54, 1.807) is 0 Å². The number of nitro groups is 2. The molecule has 0 spiro atoms. The van der Waals surface area contributed by atoms with Gasteiger partial charge in [-0.3, -0.25) is 20.2 Å². The summed E-state index contributed by atoms with van der Waals surface area (Å²) in [5.74, 6) is 0. The maximum Gasteiger partial charge on any atom is 0.299 e. The lowest BCUT2D eigenvalue weighted by atomic mass is 9.93. The first kappa shape index (κ1) is 15.2. The minimum atomic E-state index is -0.645. The third-order valence-corrected chi connectivity index (χ3v) is 3.45. The zero-order chi connectivity index (χ0) is 15.6. The van der Waals surface area contributed by atoms with E-state index in [1.165, 1.54) is 12.1 Å². The molecule has 1 fully saturated rings. The quantitative estimate of drug-likeness (QED) is 0.676. The van der Waals surface area contributed by atoms with Crippen LogP contribution >= 0.6 is 0 Å². The molecular formula is C13H17N3O5. The van der Waals surface area contributed by atoms with Crippen LogP contribution in [0.25, 0.3) is 0 Å². The molecular weight excluding hydrogens is 278 g/mol. The van der Waals surface area contributed by atoms with Crippen LogP contribution in [0.5, 0.6) is 0 Å². The highest BCUT2D eigenvalue weighted by atomic mass is 16.6. The molecule has 1 unspecified atom stereocenters. The molecule has 0 saturated carbocycles. The zero-order valence-electron chi connectivity index (χ0n) is 11.9. The standard InChI is InChI=1S/C13H17N3O5/c1-13(2)8-9(5-6-21-13)14-11-4-3-10(15(17)18)7-12(11)16(19)20/h3-4,7,9,14H,5-6,8H2,1-2H3. The largest absolute Gasteiger partial charge is 0.377 e. The first-order valence-electron chi connectivity index (χ1n) is 6.62. The number of nitrogens with zero attached hydrogens (tertiary/aromatic N) is 2. The van der Waals surface area contributed by atoms with E-state index in [4.69, 9.17) is 4.74 Å². The van der Waals surface area contributed by atoms with E-state index in [1.807, 2.05) is 13.8 Å². The van der Waals surface area contributed by atoms with Crippen molar-refractivity contribution in [2.45, 2.75) is 38.3 Å². The number of benzene rings is 1. The Bertz CT molecular complexity index is 573. The maximum atomic E-state index is 11.1. The number of non-ortho nitro benzene ring substituents is 1. The first-order chi connectivity index (χ1) is 9.78. The van der Waals surface area contributed by atoms with Crippen LogP contribution in [0.4, 0.5) is 17.1 Å². The average Bonchev–Trinajstić information content (AvgIpc) is 2.37. The fourth-order valence-electron chi connectivity index (χ4n) is 2.48. The van der Waals surface area contributed by atoms with Crippen LogP contribution < -0.4 is 5.32 Å². The number of hydrogen-bond acceptors (Lipinski definition) is 6. The van der Waals surface area contributed by atoms with Crippen molar-refractivity contribution >= 4 is 17.1 Å². The van der Waals surface area contributed by atoms with Gasteiger partial charge in [-0.2, -0.15) is 0 Å². The Morgan fingerprint density at radius 1 is 1.29 bits per heavy atom. The minimum Gasteiger partial charge on any atom is -0.377 e. The Labute approximate surface area is 121 Å². The normalized spacial score (nSPS) is 20.8. The summed E-state index contributed by atoms with van der Waals surface area (Å²) >= 11 is 0. The van der Waals surface area contributed by atoms with Crippen LogP contribution in [0.2, 0.25) is 0 Å². The summed E-state index contributed by atoms with van der Waals surface area (Å²) in [6.07, 6.45) is 1.44. The van der Waals surface area contributed by atoms with Crippen molar-refractivity contribution in [3.63, 3.8) is 0 Å². The highest BCUT2D eigenvalue weighted by Crippen LogP contribution is 2.32. The van der Waals surface area contributed by atoms with Crippen molar-refractivity contribution in [1.29, 1.82) is 0 Å². The third-order valence-electron chi connectivity index (χ3n) is 3.45. The van der Waals surface area contributed by atoms with Gasteiger partial charge in [0.1, 0.15) is 5.69 Å². The summed E-state index contributed by atoms with van der Waals surface area (Å²) in [6.45, 7) is 4.50. The molecule has 114 valence electrons. The Morgan fingerprint density at radius 2 is 2.00 bits per heavy atom. The van der Waals surface area contributed by atoms with E-state index in [0.29, 0.717) is 18.7 Å². The Kier molecular flexibility index (Phi) is 4.08. The Morgan fingerprint density at radius 3 is 2.57 bits per heavy atom. The van der Waals surface area contributed by atoms with Crippen molar-refractivity contribution in [3.05, 3.63) is 38.4 Å². The monoisotopic (exact) mass is 295 g/mol. The molecule has 21 heavy (non-hydrogen) atoms. The predicted octanol–water partition coefficient (Wildman–Crippen LogP) is 2.87. The topological polar surface area (TPSA) is 108 Å². The average molecular weight is 295 g/mol. The van der Waals surface area contributed by atoms with Crippen molar-refractivity contribution < 1.29 is 14.6 Å². The molecule has 0 radical (unpaired) electrons. The molecule has 1 aliphatic heterocycles. The van der Waals surface area contributed by atoms with Crippen LogP contribution in [-0.4, -0.2) is 28.1 Å². The summed E-state index contributed by atoms with van der Waals surface area (Å²) in [5, 5.41) is 24.9. The second kappa shape index (κ2) is 5.65. The lowest BCUT2D eigenvalue weighted by Gasteiger charge is -2.36. The molecule has 1 aliphatic rings. The van der Waals surface area contributed by atoms with E-state index in [-0.39, 0.29) is 23.0 Å². The van der Waals surface area contributed by atoms with Crippen LogP contribution in [0, 0.1) is 20.2 Å². The van der Waals surface area contributed by atoms with Crippen molar-refractivity contribution in [3.8, 4) is 0 Å². The van der Waals surface area contributed by atoms with Gasteiger partial charge in [0.15, 0.2) is 0 Å². The van der Waals surface area contributed by atoms with Gasteiger partial charge in [-0.1, -0.05) is 0 Å². The van der Waals surface area contributed by atoms with Gasteiger partial charge in [-0.15, -0.1) is 0 Å². The van der Waals surface area contributed by atoms with Crippen LogP contribution in [-0.2, 0) is 4.74 Å². The first-order valence-corrected chi connectivity index (χ1v) is 6.62. The lowest BCUT2D eigenvalue weighted by molar-refractivity contribution is -0.393. The zero-order valence-corrected chi connectivity index (χ0v) is 11.9. The Balaban J connectivity index is 2.23. The molecule has 0 bridgehead atoms. The van der Waals surface area contributed by atoms with Crippen LogP contribution in [0.3, 0.4) is 0 Å². The van der Waals surface area contributed by atoms with Crippen LogP contribution in [0.1, 0.15) is 26.7 Å². The number of hydrogen-bond donors (Lipinski definition) is 1. The smallest absolute Gasteiger partial charge is 0.299 e. The van der Waals surface area contributed by atoms with Gasteiger partial charge in [0.05, 0.1) is 21.5 Å². The number of ether oxygens (including phenoxy) is 1. The summed E-state index contributed by atoms with van der Waals surface area (Å²) < 4.78 is 5.60. The Hall–Kier alpha value is -2.22. The SMILES string of the molecule is CC1(C)CC(Nc2ccc([N+](=O)[O-])cc2[N+](=O)[O-])CCO1. The van der Waals surface area contributed by atoms with E-state index in [0.717, 1.165) is 12.5 Å². The number of nitrogens with one attached hydrogen (secondary N) is 1. The molecule has 8 heteroatoms. The number of anilines is 1. The fourth-order valence-corrected chi connectivity index (χ4v) is 2.48. The van der Waals surface area contributed by atoms with Gasteiger partial charge in [0, 0.05) is 18.7 Å². The molecule has 1 aromatic carbocycles. The van der Waals surface area contributed by atoms with Crippen LogP contribution in [0.15, 0.2) is 18.2 Å². The molecule has 2 rings (SSSR count). The molecule has 1 aromatic rings. The van der Waals surface area contributed by atoms with Crippen molar-refractivity contribution in [2.75, 3.05) is 11.9 Å². The molecule has 0 aliphatic carbocycles. The molecule has 1 N–H and O–H groups in total. The molecule has 1 saturated heterocycles. The van der Waals surface area contributed by atoms with Crippen molar-refractivity contribution in [2.24, 2.45) is 0 Å². The molecule has 8 nitrogen and oxygen atoms in total. The molecule has 1 heterocycles. The second-order valence-corrected chi connectivity index (χ2v) is 5.66. The molecule has 0 aromatic heterocycles. The summed E-state index contributed by atoms with van der Waals surface area (Å²) in [7, 11) is 0. The van der Waals surface area contributed by atoms with Crippen molar-refractivity contribution in [1.82, 2.24) is 0 Å². The van der Waals surface area contributed by atoms with Gasteiger partial charge < -0.3 is 10.1 Å². The van der Waals surface area contributed by atoms with E-state index in [9.17, 15) is 20.2 Å². The number of rotatable bonds is 4. The lowest BCUT2D eigenvalue weighted by Crippen LogP contribution is -2.40. The molecule has 0 amide bonds. The van der Waals surface area contributed by atoms with E-state index < -0.39 is 9.85 Å². The third kappa shape index (κ3) is 3.66. The van der Waals surface area contributed by atoms with E-state index >= 15 is 0 Å². The summed E-state index contributed by atoms with van der Waals surface area (Å²) in [4.78, 5) is 20.5. The fraction of sp³-hybridized carbons (Fsp3) is 0.538. The summed E-state index contributed by atoms with van der Waals surface area (Å²) in [5.41, 5.74) is -0.563. The van der Waals surface area contributed by atoms with Gasteiger partial charge >= 0.3 is 0 Å². The maximum absolute atomic E-state index is 11.1. The minimum absolute atomic E-state index is 0.0360. The van der Waals surface area contributed by atoms with Gasteiger partial charge in [0.2, 0.25) is 0 Å².